The number of morpholine rings is 1. The van der Waals surface area contributed by atoms with Crippen molar-refractivity contribution in [1.82, 2.24) is 10.2 Å². The van der Waals surface area contributed by atoms with Gasteiger partial charge in [0, 0.05) is 31.8 Å². The Labute approximate surface area is 145 Å². The molecule has 1 aromatic rings. The van der Waals surface area contributed by atoms with Gasteiger partial charge in [0.25, 0.3) is 0 Å². The van der Waals surface area contributed by atoms with E-state index in [2.05, 4.69) is 37.1 Å². The molecular weight excluding hydrogens is 304 g/mol. The molecule has 0 aromatic carbocycles. The normalized spacial score (nSPS) is 29.4. The van der Waals surface area contributed by atoms with E-state index in [1.54, 1.807) is 0 Å². The van der Waals surface area contributed by atoms with Gasteiger partial charge in [-0.05, 0) is 52.2 Å². The molecule has 0 spiro atoms. The van der Waals surface area contributed by atoms with Gasteiger partial charge >= 0.3 is 0 Å². The molecule has 1 atom stereocenters. The minimum absolute atomic E-state index is 0.203. The summed E-state index contributed by atoms with van der Waals surface area (Å²) in [5.41, 5.74) is 1.43. The number of rotatable bonds is 7. The summed E-state index contributed by atoms with van der Waals surface area (Å²) in [6.07, 6.45) is 2.62. The van der Waals surface area contributed by atoms with Crippen molar-refractivity contribution in [2.75, 3.05) is 39.5 Å². The predicted octanol–water partition coefficient (Wildman–Crippen LogP) is 2.82. The van der Waals surface area contributed by atoms with E-state index in [1.807, 2.05) is 6.92 Å². The highest BCUT2D eigenvalue weighted by atomic mass is 16.5. The Morgan fingerprint density at radius 3 is 2.62 bits per heavy atom. The molecule has 24 heavy (non-hydrogen) atoms. The van der Waals surface area contributed by atoms with E-state index < -0.39 is 0 Å². The standard InChI is InChI=1S/C19H32N2O3/c1-5-23-17-11-19(12-17,21-6-8-22-9-7-21)13-20-15(3)18-10-14(2)16(4)24-18/h10,15,17,20H,5-9,11-13H2,1-4H3. The molecule has 2 fully saturated rings. The number of ether oxygens (including phenoxy) is 2. The number of furan rings is 1. The summed E-state index contributed by atoms with van der Waals surface area (Å²) >= 11 is 0. The minimum atomic E-state index is 0.203. The number of nitrogens with one attached hydrogen (secondary N) is 1. The molecule has 1 aliphatic heterocycles. The molecule has 1 unspecified atom stereocenters. The summed E-state index contributed by atoms with van der Waals surface area (Å²) in [5.74, 6) is 2.05. The molecule has 2 aliphatic rings. The third-order valence-electron chi connectivity index (χ3n) is 5.65. The van der Waals surface area contributed by atoms with Gasteiger partial charge in [0.15, 0.2) is 0 Å². The van der Waals surface area contributed by atoms with E-state index in [9.17, 15) is 0 Å². The third-order valence-corrected chi connectivity index (χ3v) is 5.65. The molecule has 1 N–H and O–H groups in total. The minimum Gasteiger partial charge on any atom is -0.464 e. The molecule has 0 bridgehead atoms. The first-order valence-corrected chi connectivity index (χ1v) is 9.29. The van der Waals surface area contributed by atoms with Crippen LogP contribution >= 0.6 is 0 Å². The Hall–Kier alpha value is -0.880. The van der Waals surface area contributed by atoms with E-state index in [0.717, 1.165) is 63.8 Å². The van der Waals surface area contributed by atoms with Gasteiger partial charge in [-0.1, -0.05) is 0 Å². The molecule has 2 heterocycles. The zero-order valence-electron chi connectivity index (χ0n) is 15.6. The Morgan fingerprint density at radius 1 is 1.33 bits per heavy atom. The highest BCUT2D eigenvalue weighted by Crippen LogP contribution is 2.40. The topological polar surface area (TPSA) is 46.9 Å². The molecule has 1 aromatic heterocycles. The van der Waals surface area contributed by atoms with Crippen molar-refractivity contribution in [3.05, 3.63) is 23.2 Å². The zero-order valence-corrected chi connectivity index (χ0v) is 15.6. The van der Waals surface area contributed by atoms with Crippen LogP contribution in [0.1, 0.15) is 49.8 Å². The summed E-state index contributed by atoms with van der Waals surface area (Å²) in [7, 11) is 0. The van der Waals surface area contributed by atoms with Crippen LogP contribution in [0.25, 0.3) is 0 Å². The summed E-state index contributed by atoms with van der Waals surface area (Å²) in [6.45, 7) is 13.9. The van der Waals surface area contributed by atoms with Gasteiger partial charge in [-0.25, -0.2) is 0 Å². The lowest BCUT2D eigenvalue weighted by Gasteiger charge is -2.55. The number of hydrogen-bond acceptors (Lipinski definition) is 5. The molecule has 1 aliphatic carbocycles. The molecule has 1 saturated heterocycles. The summed E-state index contributed by atoms with van der Waals surface area (Å²) in [5, 5.41) is 3.71. The van der Waals surface area contributed by atoms with Crippen LogP contribution in [0, 0.1) is 13.8 Å². The quantitative estimate of drug-likeness (QED) is 0.830. The number of aryl methyl sites for hydroxylation is 2. The maximum Gasteiger partial charge on any atom is 0.121 e. The SMILES string of the molecule is CCOC1CC(CNC(C)c2cc(C)c(C)o2)(N2CCOCC2)C1. The van der Waals surface area contributed by atoms with Crippen LogP contribution in [0.5, 0.6) is 0 Å². The second-order valence-electron chi connectivity index (χ2n) is 7.30. The first-order valence-electron chi connectivity index (χ1n) is 9.29. The summed E-state index contributed by atoms with van der Waals surface area (Å²) in [6, 6.07) is 2.37. The highest BCUT2D eigenvalue weighted by molar-refractivity contribution is 5.20. The van der Waals surface area contributed by atoms with E-state index >= 15 is 0 Å². The van der Waals surface area contributed by atoms with Gasteiger partial charge in [0.2, 0.25) is 0 Å². The van der Waals surface area contributed by atoms with E-state index in [1.165, 1.54) is 5.56 Å². The van der Waals surface area contributed by atoms with Crippen molar-refractivity contribution in [1.29, 1.82) is 0 Å². The number of hydrogen-bond donors (Lipinski definition) is 1. The Kier molecular flexibility index (Phi) is 5.65. The summed E-state index contributed by atoms with van der Waals surface area (Å²) in [4.78, 5) is 2.60. The lowest BCUT2D eigenvalue weighted by atomic mass is 9.72. The molecule has 3 rings (SSSR count). The molecule has 0 radical (unpaired) electrons. The second kappa shape index (κ2) is 7.56. The average molecular weight is 336 g/mol. The third kappa shape index (κ3) is 3.69. The second-order valence-corrected chi connectivity index (χ2v) is 7.30. The van der Waals surface area contributed by atoms with Gasteiger partial charge in [0.1, 0.15) is 11.5 Å². The number of nitrogens with zero attached hydrogens (tertiary/aromatic N) is 1. The van der Waals surface area contributed by atoms with Crippen LogP contribution in [0.15, 0.2) is 10.5 Å². The first kappa shape index (κ1) is 17.9. The fraction of sp³-hybridized carbons (Fsp3) is 0.789. The summed E-state index contributed by atoms with van der Waals surface area (Å²) < 4.78 is 17.2. The lowest BCUT2D eigenvalue weighted by molar-refractivity contribution is -0.126. The lowest BCUT2D eigenvalue weighted by Crippen LogP contribution is -2.66. The van der Waals surface area contributed by atoms with Crippen molar-refractivity contribution in [3.63, 3.8) is 0 Å². The average Bonchev–Trinajstić information content (AvgIpc) is 2.89. The predicted molar refractivity (Wildman–Crippen MR) is 94.4 cm³/mol. The molecule has 5 nitrogen and oxygen atoms in total. The molecule has 5 heteroatoms. The Morgan fingerprint density at radius 2 is 2.04 bits per heavy atom. The van der Waals surface area contributed by atoms with Gasteiger partial charge in [0.05, 0.1) is 25.4 Å². The van der Waals surface area contributed by atoms with Crippen LogP contribution < -0.4 is 5.32 Å². The van der Waals surface area contributed by atoms with Crippen molar-refractivity contribution in [3.8, 4) is 0 Å². The van der Waals surface area contributed by atoms with Crippen LogP contribution in [0.2, 0.25) is 0 Å². The fourth-order valence-electron chi connectivity index (χ4n) is 3.95. The molecule has 0 amide bonds. The van der Waals surface area contributed by atoms with Gasteiger partial charge < -0.3 is 19.2 Å². The van der Waals surface area contributed by atoms with Crippen LogP contribution in [0.4, 0.5) is 0 Å². The van der Waals surface area contributed by atoms with Crippen molar-refractivity contribution < 1.29 is 13.9 Å². The molecule has 136 valence electrons. The van der Waals surface area contributed by atoms with Crippen molar-refractivity contribution >= 4 is 0 Å². The smallest absolute Gasteiger partial charge is 0.121 e. The van der Waals surface area contributed by atoms with E-state index in [4.69, 9.17) is 13.9 Å². The van der Waals surface area contributed by atoms with Crippen molar-refractivity contribution in [2.45, 2.75) is 58.2 Å². The Bertz CT molecular complexity index is 511. The molecular formula is C19H32N2O3. The van der Waals surface area contributed by atoms with Gasteiger partial charge in [-0.2, -0.15) is 0 Å². The van der Waals surface area contributed by atoms with Gasteiger partial charge in [-0.15, -0.1) is 0 Å². The molecule has 1 saturated carbocycles. The van der Waals surface area contributed by atoms with Crippen LogP contribution in [0.3, 0.4) is 0 Å². The Balaban J connectivity index is 1.61. The zero-order chi connectivity index (χ0) is 17.2. The van der Waals surface area contributed by atoms with E-state index in [-0.39, 0.29) is 11.6 Å². The van der Waals surface area contributed by atoms with Gasteiger partial charge in [-0.3, -0.25) is 4.90 Å². The largest absolute Gasteiger partial charge is 0.464 e. The fourth-order valence-corrected chi connectivity index (χ4v) is 3.95. The maximum absolute atomic E-state index is 5.88. The van der Waals surface area contributed by atoms with Crippen molar-refractivity contribution in [2.24, 2.45) is 0 Å². The van der Waals surface area contributed by atoms with Crippen LogP contribution in [-0.4, -0.2) is 56.0 Å². The van der Waals surface area contributed by atoms with E-state index in [0.29, 0.717) is 6.10 Å². The first-order chi connectivity index (χ1) is 11.5. The monoisotopic (exact) mass is 336 g/mol. The maximum atomic E-state index is 5.88. The van der Waals surface area contributed by atoms with Crippen LogP contribution in [-0.2, 0) is 9.47 Å². The highest BCUT2D eigenvalue weighted by Gasteiger charge is 2.49.